The Bertz CT molecular complexity index is 708. The van der Waals surface area contributed by atoms with Crippen molar-refractivity contribution in [2.45, 2.75) is 28.7 Å². The van der Waals surface area contributed by atoms with Gasteiger partial charge >= 0.3 is 0 Å². The Kier molecular flexibility index (Phi) is 5.23. The average molecular weight is 347 g/mol. The maximum absolute atomic E-state index is 12.6. The monoisotopic (exact) mass is 347 g/mol. The first kappa shape index (κ1) is 17.4. The van der Waals surface area contributed by atoms with Crippen molar-refractivity contribution in [3.8, 4) is 0 Å². The van der Waals surface area contributed by atoms with Gasteiger partial charge in [-0.1, -0.05) is 0 Å². The smallest absolute Gasteiger partial charge is 0.243 e. The standard InChI is InChI=1S/C13H21N3O4S2/c1-14-21(17,18)12-3-5-13(6-4-12)22(19,20)16(2)11-7-9-15-10-8-11/h3-6,11,14-15H,7-10H2,1-2H3. The van der Waals surface area contributed by atoms with Crippen LogP contribution >= 0.6 is 0 Å². The zero-order valence-corrected chi connectivity index (χ0v) is 14.2. The van der Waals surface area contributed by atoms with Crippen LogP contribution in [0.25, 0.3) is 0 Å². The van der Waals surface area contributed by atoms with Gasteiger partial charge in [-0.05, 0) is 57.2 Å². The van der Waals surface area contributed by atoms with Crippen LogP contribution in [0, 0.1) is 0 Å². The SMILES string of the molecule is CNS(=O)(=O)c1ccc(S(=O)(=O)N(C)C2CCNCC2)cc1. The number of piperidine rings is 1. The van der Waals surface area contributed by atoms with Crippen LogP contribution in [0.1, 0.15) is 12.8 Å². The number of nitrogens with zero attached hydrogens (tertiary/aromatic N) is 1. The highest BCUT2D eigenvalue weighted by atomic mass is 32.2. The molecule has 7 nitrogen and oxygen atoms in total. The molecule has 2 N–H and O–H groups in total. The second-order valence-corrected chi connectivity index (χ2v) is 9.07. The Morgan fingerprint density at radius 2 is 1.55 bits per heavy atom. The van der Waals surface area contributed by atoms with Gasteiger partial charge in [-0.2, -0.15) is 4.31 Å². The van der Waals surface area contributed by atoms with Crippen LogP contribution in [-0.4, -0.2) is 54.4 Å². The number of hydrogen-bond acceptors (Lipinski definition) is 5. The second-order valence-electron chi connectivity index (χ2n) is 5.18. The van der Waals surface area contributed by atoms with Crippen LogP contribution in [0.4, 0.5) is 0 Å². The summed E-state index contributed by atoms with van der Waals surface area (Å²) in [6, 6.07) is 5.23. The molecule has 1 aromatic rings. The van der Waals surface area contributed by atoms with Gasteiger partial charge in [0, 0.05) is 13.1 Å². The molecule has 0 aliphatic carbocycles. The summed E-state index contributed by atoms with van der Waals surface area (Å²) in [6.45, 7) is 1.59. The summed E-state index contributed by atoms with van der Waals surface area (Å²) < 4.78 is 52.1. The summed E-state index contributed by atoms with van der Waals surface area (Å²) in [5, 5.41) is 3.20. The topological polar surface area (TPSA) is 95.6 Å². The molecule has 1 fully saturated rings. The molecule has 1 heterocycles. The van der Waals surface area contributed by atoms with Gasteiger partial charge in [-0.3, -0.25) is 0 Å². The Balaban J connectivity index is 2.26. The third-order valence-corrected chi connectivity index (χ3v) is 7.26. The molecule has 0 saturated carbocycles. The van der Waals surface area contributed by atoms with E-state index in [4.69, 9.17) is 0 Å². The van der Waals surface area contributed by atoms with Crippen LogP contribution in [0.15, 0.2) is 34.1 Å². The lowest BCUT2D eigenvalue weighted by molar-refractivity contribution is 0.296. The van der Waals surface area contributed by atoms with E-state index in [1.807, 2.05) is 0 Å². The van der Waals surface area contributed by atoms with Crippen molar-refractivity contribution in [2.24, 2.45) is 0 Å². The highest BCUT2D eigenvalue weighted by molar-refractivity contribution is 7.89. The Morgan fingerprint density at radius 3 is 2.05 bits per heavy atom. The Labute approximate surface area is 131 Å². The highest BCUT2D eigenvalue weighted by Gasteiger charge is 2.29. The van der Waals surface area contributed by atoms with Crippen LogP contribution in [0.3, 0.4) is 0 Å². The number of benzene rings is 1. The summed E-state index contributed by atoms with van der Waals surface area (Å²) in [4.78, 5) is 0.141. The molecule has 9 heteroatoms. The number of sulfonamides is 2. The maximum Gasteiger partial charge on any atom is 0.243 e. The van der Waals surface area contributed by atoms with Crippen LogP contribution in [0.2, 0.25) is 0 Å². The average Bonchev–Trinajstić information content (AvgIpc) is 2.55. The third kappa shape index (κ3) is 3.49. The van der Waals surface area contributed by atoms with E-state index in [2.05, 4.69) is 10.0 Å². The zero-order valence-electron chi connectivity index (χ0n) is 12.6. The van der Waals surface area contributed by atoms with Crippen molar-refractivity contribution < 1.29 is 16.8 Å². The van der Waals surface area contributed by atoms with Crippen molar-refractivity contribution in [1.29, 1.82) is 0 Å². The van der Waals surface area contributed by atoms with Gasteiger partial charge in [0.2, 0.25) is 20.0 Å². The van der Waals surface area contributed by atoms with Crippen molar-refractivity contribution in [2.75, 3.05) is 27.2 Å². The van der Waals surface area contributed by atoms with Crippen molar-refractivity contribution in [3.63, 3.8) is 0 Å². The summed E-state index contributed by atoms with van der Waals surface area (Å²) in [5.41, 5.74) is 0. The van der Waals surface area contributed by atoms with E-state index in [0.29, 0.717) is 0 Å². The van der Waals surface area contributed by atoms with E-state index < -0.39 is 20.0 Å². The number of rotatable bonds is 5. The van der Waals surface area contributed by atoms with Gasteiger partial charge in [0.05, 0.1) is 9.79 Å². The minimum absolute atomic E-state index is 0.0352. The van der Waals surface area contributed by atoms with E-state index >= 15 is 0 Å². The summed E-state index contributed by atoms with van der Waals surface area (Å²) in [7, 11) is -4.30. The molecule has 0 bridgehead atoms. The van der Waals surface area contributed by atoms with Crippen LogP contribution in [-0.2, 0) is 20.0 Å². The summed E-state index contributed by atoms with van der Waals surface area (Å²) in [5.74, 6) is 0. The van der Waals surface area contributed by atoms with Gasteiger partial charge in [0.25, 0.3) is 0 Å². The van der Waals surface area contributed by atoms with Gasteiger partial charge in [0.1, 0.15) is 0 Å². The van der Waals surface area contributed by atoms with Gasteiger partial charge in [-0.15, -0.1) is 0 Å². The molecule has 1 aliphatic heterocycles. The van der Waals surface area contributed by atoms with Gasteiger partial charge in [0.15, 0.2) is 0 Å². The van der Waals surface area contributed by atoms with Crippen molar-refractivity contribution in [1.82, 2.24) is 14.3 Å². The summed E-state index contributed by atoms with van der Waals surface area (Å²) >= 11 is 0. The van der Waals surface area contributed by atoms with Gasteiger partial charge in [-0.25, -0.2) is 21.6 Å². The van der Waals surface area contributed by atoms with E-state index in [-0.39, 0.29) is 15.8 Å². The molecule has 0 unspecified atom stereocenters. The van der Waals surface area contributed by atoms with E-state index in [9.17, 15) is 16.8 Å². The molecule has 0 amide bonds. The first-order chi connectivity index (χ1) is 10.3. The number of hydrogen-bond donors (Lipinski definition) is 2. The molecule has 1 saturated heterocycles. The van der Waals surface area contributed by atoms with Gasteiger partial charge < -0.3 is 5.32 Å². The fourth-order valence-corrected chi connectivity index (χ4v) is 4.59. The van der Waals surface area contributed by atoms with Crippen LogP contribution in [0.5, 0.6) is 0 Å². The van der Waals surface area contributed by atoms with E-state index in [0.717, 1.165) is 25.9 Å². The fraction of sp³-hybridized carbons (Fsp3) is 0.538. The third-order valence-electron chi connectivity index (χ3n) is 3.90. The summed E-state index contributed by atoms with van der Waals surface area (Å²) in [6.07, 6.45) is 1.53. The molecule has 1 aliphatic rings. The first-order valence-corrected chi connectivity index (χ1v) is 9.94. The predicted molar refractivity (Wildman–Crippen MR) is 83.5 cm³/mol. The molecule has 0 atom stereocenters. The van der Waals surface area contributed by atoms with Crippen molar-refractivity contribution >= 4 is 20.0 Å². The second kappa shape index (κ2) is 6.63. The normalized spacial score (nSPS) is 17.8. The zero-order chi connectivity index (χ0) is 16.4. The molecular formula is C13H21N3O4S2. The Hall–Kier alpha value is -1.00. The molecule has 1 aromatic carbocycles. The van der Waals surface area contributed by atoms with Crippen molar-refractivity contribution in [3.05, 3.63) is 24.3 Å². The largest absolute Gasteiger partial charge is 0.317 e. The Morgan fingerprint density at radius 1 is 1.05 bits per heavy atom. The van der Waals surface area contributed by atoms with Crippen LogP contribution < -0.4 is 10.0 Å². The molecule has 124 valence electrons. The molecule has 0 aromatic heterocycles. The lowest BCUT2D eigenvalue weighted by Gasteiger charge is -2.30. The molecular weight excluding hydrogens is 326 g/mol. The quantitative estimate of drug-likeness (QED) is 0.780. The first-order valence-electron chi connectivity index (χ1n) is 7.01. The molecule has 2 rings (SSSR count). The lowest BCUT2D eigenvalue weighted by atomic mass is 10.1. The molecule has 22 heavy (non-hydrogen) atoms. The maximum atomic E-state index is 12.6. The molecule has 0 spiro atoms. The minimum atomic E-state index is -3.62. The number of nitrogens with one attached hydrogen (secondary N) is 2. The van der Waals surface area contributed by atoms with E-state index in [1.165, 1.54) is 35.6 Å². The minimum Gasteiger partial charge on any atom is -0.317 e. The fourth-order valence-electron chi connectivity index (χ4n) is 2.44. The molecule has 0 radical (unpaired) electrons. The highest BCUT2D eigenvalue weighted by Crippen LogP contribution is 2.22. The predicted octanol–water partition coefficient (Wildman–Crippen LogP) is -0.0328. The van der Waals surface area contributed by atoms with E-state index in [1.54, 1.807) is 7.05 Å². The lowest BCUT2D eigenvalue weighted by Crippen LogP contribution is -2.43.